The van der Waals surface area contributed by atoms with Gasteiger partial charge < -0.3 is 10.3 Å². The van der Waals surface area contributed by atoms with Crippen LogP contribution in [0.15, 0.2) is 11.2 Å². The van der Waals surface area contributed by atoms with Crippen molar-refractivity contribution in [2.24, 2.45) is 4.99 Å². The smallest absolute Gasteiger partial charge is 0.103 e. The molecule has 12 heavy (non-hydrogen) atoms. The van der Waals surface area contributed by atoms with Gasteiger partial charge in [0.25, 0.3) is 0 Å². The lowest BCUT2D eigenvalue weighted by molar-refractivity contribution is 0.993. The number of aromatic amines is 1. The molecule has 0 fully saturated rings. The number of nitrogens with zero attached hydrogens (tertiary/aromatic N) is 2. The van der Waals surface area contributed by atoms with Gasteiger partial charge in [-0.05, 0) is 6.92 Å². The molecule has 0 amide bonds. The predicted octanol–water partition coefficient (Wildman–Crippen LogP) is 1.23. The van der Waals surface area contributed by atoms with Crippen molar-refractivity contribution in [2.45, 2.75) is 13.5 Å². The lowest BCUT2D eigenvalue weighted by Gasteiger charge is -2.11. The van der Waals surface area contributed by atoms with Gasteiger partial charge in [0.15, 0.2) is 0 Å². The highest BCUT2D eigenvalue weighted by atomic mass is 15.0. The molecule has 0 atom stereocenters. The van der Waals surface area contributed by atoms with Crippen molar-refractivity contribution in [3.05, 3.63) is 17.5 Å². The number of H-pyrrole nitrogens is 1. The number of aliphatic imine (C=N–C) groups is 1. The quantitative estimate of drug-likeness (QED) is 0.599. The maximum absolute atomic E-state index is 8.72. The number of hydrogen-bond donors (Lipinski definition) is 2. The SMILES string of the molecule is CC1=NCc2[nH]cc(C#N)c2N1. The Morgan fingerprint density at radius 3 is 3.25 bits per heavy atom. The van der Waals surface area contributed by atoms with Crippen LogP contribution in [0.1, 0.15) is 18.2 Å². The van der Waals surface area contributed by atoms with E-state index in [4.69, 9.17) is 5.26 Å². The Labute approximate surface area is 69.9 Å². The molecule has 1 aromatic heterocycles. The molecule has 1 aromatic rings. The minimum Gasteiger partial charge on any atom is -0.360 e. The highest BCUT2D eigenvalue weighted by molar-refractivity contribution is 5.96. The summed E-state index contributed by atoms with van der Waals surface area (Å²) in [6.07, 6.45) is 1.70. The van der Waals surface area contributed by atoms with Crippen LogP contribution < -0.4 is 5.32 Å². The monoisotopic (exact) mass is 160 g/mol. The summed E-state index contributed by atoms with van der Waals surface area (Å²) in [4.78, 5) is 7.19. The average Bonchev–Trinajstić information content (AvgIpc) is 2.46. The number of fused-ring (bicyclic) bond motifs is 1. The van der Waals surface area contributed by atoms with Crippen LogP contribution in [0.2, 0.25) is 0 Å². The van der Waals surface area contributed by atoms with Gasteiger partial charge in [0.05, 0.1) is 29.3 Å². The van der Waals surface area contributed by atoms with Gasteiger partial charge in [-0.2, -0.15) is 5.26 Å². The van der Waals surface area contributed by atoms with E-state index < -0.39 is 0 Å². The topological polar surface area (TPSA) is 64.0 Å². The molecule has 1 aliphatic rings. The molecular formula is C8H8N4. The first kappa shape index (κ1) is 6.92. The van der Waals surface area contributed by atoms with E-state index in [0.717, 1.165) is 17.2 Å². The largest absolute Gasteiger partial charge is 0.360 e. The number of aromatic nitrogens is 1. The molecule has 0 aliphatic carbocycles. The Morgan fingerprint density at radius 1 is 1.67 bits per heavy atom. The van der Waals surface area contributed by atoms with Crippen LogP contribution in [0.4, 0.5) is 5.69 Å². The van der Waals surface area contributed by atoms with Crippen molar-refractivity contribution < 1.29 is 0 Å². The minimum absolute atomic E-state index is 0.635. The number of rotatable bonds is 0. The van der Waals surface area contributed by atoms with E-state index in [1.54, 1.807) is 6.20 Å². The molecule has 0 spiro atoms. The number of amidine groups is 1. The third-order valence-electron chi connectivity index (χ3n) is 1.86. The lowest BCUT2D eigenvalue weighted by Crippen LogP contribution is -2.13. The van der Waals surface area contributed by atoms with Crippen LogP contribution >= 0.6 is 0 Å². The number of nitrogens with one attached hydrogen (secondary N) is 2. The van der Waals surface area contributed by atoms with Gasteiger partial charge in [-0.3, -0.25) is 4.99 Å². The number of hydrogen-bond acceptors (Lipinski definition) is 3. The van der Waals surface area contributed by atoms with Crippen LogP contribution in [-0.2, 0) is 6.54 Å². The zero-order chi connectivity index (χ0) is 8.55. The zero-order valence-electron chi connectivity index (χ0n) is 6.68. The first-order valence-electron chi connectivity index (χ1n) is 3.69. The Bertz CT molecular complexity index is 380. The van der Waals surface area contributed by atoms with Crippen LogP contribution in [0.3, 0.4) is 0 Å². The second-order valence-corrected chi connectivity index (χ2v) is 2.69. The second kappa shape index (κ2) is 2.38. The third-order valence-corrected chi connectivity index (χ3v) is 1.86. The van der Waals surface area contributed by atoms with Gasteiger partial charge in [0, 0.05) is 6.20 Å². The van der Waals surface area contributed by atoms with Crippen molar-refractivity contribution >= 4 is 11.5 Å². The molecule has 2 rings (SSSR count). The van der Waals surface area contributed by atoms with Gasteiger partial charge in [-0.15, -0.1) is 0 Å². The fourth-order valence-electron chi connectivity index (χ4n) is 1.24. The Morgan fingerprint density at radius 2 is 2.50 bits per heavy atom. The lowest BCUT2D eigenvalue weighted by atomic mass is 10.2. The average molecular weight is 160 g/mol. The maximum Gasteiger partial charge on any atom is 0.103 e. The summed E-state index contributed by atoms with van der Waals surface area (Å²) in [7, 11) is 0. The highest BCUT2D eigenvalue weighted by Crippen LogP contribution is 2.23. The van der Waals surface area contributed by atoms with E-state index in [-0.39, 0.29) is 0 Å². The molecule has 4 heteroatoms. The summed E-state index contributed by atoms with van der Waals surface area (Å²) in [6, 6.07) is 2.11. The van der Waals surface area contributed by atoms with Gasteiger partial charge in [-0.1, -0.05) is 0 Å². The van der Waals surface area contributed by atoms with E-state index in [1.807, 2.05) is 6.92 Å². The molecule has 0 bridgehead atoms. The molecule has 0 saturated heterocycles. The van der Waals surface area contributed by atoms with Gasteiger partial charge in [0.1, 0.15) is 6.07 Å². The summed E-state index contributed by atoms with van der Waals surface area (Å²) < 4.78 is 0. The van der Waals surface area contributed by atoms with Crippen LogP contribution in [-0.4, -0.2) is 10.8 Å². The first-order valence-corrected chi connectivity index (χ1v) is 3.69. The van der Waals surface area contributed by atoms with E-state index in [0.29, 0.717) is 12.1 Å². The van der Waals surface area contributed by atoms with E-state index in [2.05, 4.69) is 21.4 Å². The van der Waals surface area contributed by atoms with Crippen molar-refractivity contribution in [1.29, 1.82) is 5.26 Å². The fourth-order valence-corrected chi connectivity index (χ4v) is 1.24. The summed E-state index contributed by atoms with van der Waals surface area (Å²) >= 11 is 0. The van der Waals surface area contributed by atoms with Gasteiger partial charge in [-0.25, -0.2) is 0 Å². The standard InChI is InChI=1S/C8H8N4/c1-5-10-4-7-8(12-5)6(2-9)3-11-7/h3,11H,4H2,1H3,(H,10,12). The summed E-state index contributed by atoms with van der Waals surface area (Å²) in [5, 5.41) is 11.8. The third kappa shape index (κ3) is 0.873. The Kier molecular flexibility index (Phi) is 1.37. The van der Waals surface area contributed by atoms with Crippen LogP contribution in [0.25, 0.3) is 0 Å². The van der Waals surface area contributed by atoms with E-state index >= 15 is 0 Å². The predicted molar refractivity (Wildman–Crippen MR) is 45.9 cm³/mol. The molecule has 60 valence electrons. The molecule has 2 heterocycles. The molecule has 0 aromatic carbocycles. The molecule has 0 radical (unpaired) electrons. The fraction of sp³-hybridized carbons (Fsp3) is 0.250. The van der Waals surface area contributed by atoms with E-state index in [9.17, 15) is 0 Å². The summed E-state index contributed by atoms with van der Waals surface area (Å²) in [5.41, 5.74) is 2.52. The molecule has 1 aliphatic heterocycles. The first-order chi connectivity index (χ1) is 5.81. The van der Waals surface area contributed by atoms with Crippen LogP contribution in [0.5, 0.6) is 0 Å². The molecule has 4 nitrogen and oxygen atoms in total. The molecule has 2 N–H and O–H groups in total. The normalized spacial score (nSPS) is 14.2. The van der Waals surface area contributed by atoms with E-state index in [1.165, 1.54) is 0 Å². The Balaban J connectivity index is 2.48. The van der Waals surface area contributed by atoms with Crippen LogP contribution in [0, 0.1) is 11.3 Å². The second-order valence-electron chi connectivity index (χ2n) is 2.69. The zero-order valence-corrected chi connectivity index (χ0v) is 6.68. The van der Waals surface area contributed by atoms with Crippen molar-refractivity contribution in [3.8, 4) is 6.07 Å². The number of nitriles is 1. The number of anilines is 1. The minimum atomic E-state index is 0.635. The highest BCUT2D eigenvalue weighted by Gasteiger charge is 2.14. The Hall–Kier alpha value is -1.76. The molecular weight excluding hydrogens is 152 g/mol. The molecule has 0 saturated carbocycles. The van der Waals surface area contributed by atoms with Gasteiger partial charge in [0.2, 0.25) is 0 Å². The summed E-state index contributed by atoms with van der Waals surface area (Å²) in [5.74, 6) is 0.860. The van der Waals surface area contributed by atoms with Crippen molar-refractivity contribution in [1.82, 2.24) is 4.98 Å². The maximum atomic E-state index is 8.72. The van der Waals surface area contributed by atoms with Gasteiger partial charge >= 0.3 is 0 Å². The van der Waals surface area contributed by atoms with Crippen molar-refractivity contribution in [3.63, 3.8) is 0 Å². The summed E-state index contributed by atoms with van der Waals surface area (Å²) in [6.45, 7) is 2.52. The van der Waals surface area contributed by atoms with Crippen molar-refractivity contribution in [2.75, 3.05) is 5.32 Å². The molecule has 0 unspecified atom stereocenters.